The first-order valence-electron chi connectivity index (χ1n) is 5.48. The second-order valence-electron chi connectivity index (χ2n) is 3.75. The molecule has 0 N–H and O–H groups in total. The van der Waals surface area contributed by atoms with Gasteiger partial charge < -0.3 is 4.74 Å². The van der Waals surface area contributed by atoms with Crippen LogP contribution in [0.2, 0.25) is 0 Å². The van der Waals surface area contributed by atoms with Gasteiger partial charge in [0.1, 0.15) is 0 Å². The van der Waals surface area contributed by atoms with E-state index in [1.54, 1.807) is 7.11 Å². The van der Waals surface area contributed by atoms with Crippen LogP contribution in [0.3, 0.4) is 0 Å². The SMILES string of the molecule is COCCCCC(CCl)c1ccccc1. The highest BCUT2D eigenvalue weighted by molar-refractivity contribution is 6.18. The average molecular weight is 227 g/mol. The number of hydrogen-bond acceptors (Lipinski definition) is 1. The lowest BCUT2D eigenvalue weighted by atomic mass is 9.95. The summed E-state index contributed by atoms with van der Waals surface area (Å²) in [4.78, 5) is 0. The van der Waals surface area contributed by atoms with Gasteiger partial charge in [-0.15, -0.1) is 11.6 Å². The number of unbranched alkanes of at least 4 members (excludes halogenated alkanes) is 1. The van der Waals surface area contributed by atoms with Gasteiger partial charge in [-0.1, -0.05) is 36.8 Å². The van der Waals surface area contributed by atoms with Gasteiger partial charge in [-0.2, -0.15) is 0 Å². The third kappa shape index (κ3) is 4.67. The maximum atomic E-state index is 5.98. The largest absolute Gasteiger partial charge is 0.385 e. The minimum atomic E-state index is 0.490. The summed E-state index contributed by atoms with van der Waals surface area (Å²) in [7, 11) is 1.75. The van der Waals surface area contributed by atoms with Crippen LogP contribution >= 0.6 is 11.6 Å². The summed E-state index contributed by atoms with van der Waals surface area (Å²) in [5.41, 5.74) is 1.35. The zero-order valence-electron chi connectivity index (χ0n) is 9.29. The Bertz CT molecular complexity index is 248. The Morgan fingerprint density at radius 2 is 1.93 bits per heavy atom. The molecule has 0 aromatic heterocycles. The van der Waals surface area contributed by atoms with Crippen molar-refractivity contribution in [2.45, 2.75) is 25.2 Å². The molecule has 1 aromatic rings. The number of methoxy groups -OCH3 is 1. The number of benzene rings is 1. The Hall–Kier alpha value is -0.530. The van der Waals surface area contributed by atoms with Gasteiger partial charge >= 0.3 is 0 Å². The smallest absolute Gasteiger partial charge is 0.0462 e. The molecule has 1 rings (SSSR count). The Kier molecular flexibility index (Phi) is 6.45. The molecule has 0 fully saturated rings. The Balaban J connectivity index is 2.36. The molecule has 0 saturated heterocycles. The van der Waals surface area contributed by atoms with Crippen LogP contribution in [0.25, 0.3) is 0 Å². The summed E-state index contributed by atoms with van der Waals surface area (Å²) in [5, 5.41) is 0. The highest BCUT2D eigenvalue weighted by Crippen LogP contribution is 2.23. The van der Waals surface area contributed by atoms with Crippen molar-refractivity contribution in [3.63, 3.8) is 0 Å². The maximum absolute atomic E-state index is 5.98. The second-order valence-corrected chi connectivity index (χ2v) is 4.06. The molecule has 0 spiro atoms. The van der Waals surface area contributed by atoms with E-state index < -0.39 is 0 Å². The van der Waals surface area contributed by atoms with Gasteiger partial charge in [-0.25, -0.2) is 0 Å². The molecule has 1 atom stereocenters. The van der Waals surface area contributed by atoms with E-state index in [0.717, 1.165) is 19.4 Å². The number of hydrogen-bond donors (Lipinski definition) is 0. The summed E-state index contributed by atoms with van der Waals surface area (Å²) < 4.78 is 5.03. The van der Waals surface area contributed by atoms with Gasteiger partial charge in [0.05, 0.1) is 0 Å². The molecule has 2 heteroatoms. The highest BCUT2D eigenvalue weighted by Gasteiger charge is 2.08. The molecule has 1 aromatic carbocycles. The van der Waals surface area contributed by atoms with Gasteiger partial charge in [0.2, 0.25) is 0 Å². The maximum Gasteiger partial charge on any atom is 0.0462 e. The second kappa shape index (κ2) is 7.72. The quantitative estimate of drug-likeness (QED) is 0.507. The number of rotatable bonds is 7. The Labute approximate surface area is 97.4 Å². The van der Waals surface area contributed by atoms with E-state index in [-0.39, 0.29) is 0 Å². The molecule has 1 unspecified atom stereocenters. The normalized spacial score (nSPS) is 12.7. The monoisotopic (exact) mass is 226 g/mol. The van der Waals surface area contributed by atoms with Gasteiger partial charge in [-0.3, -0.25) is 0 Å². The zero-order chi connectivity index (χ0) is 10.9. The van der Waals surface area contributed by atoms with E-state index in [4.69, 9.17) is 16.3 Å². The molecule has 0 aliphatic heterocycles. The first-order valence-corrected chi connectivity index (χ1v) is 6.01. The lowest BCUT2D eigenvalue weighted by Crippen LogP contribution is -2.01. The summed E-state index contributed by atoms with van der Waals surface area (Å²) in [6.07, 6.45) is 3.45. The van der Waals surface area contributed by atoms with Crippen LogP contribution in [0.1, 0.15) is 30.7 Å². The van der Waals surface area contributed by atoms with Crippen LogP contribution < -0.4 is 0 Å². The molecule has 0 aliphatic carbocycles. The third-order valence-electron chi connectivity index (χ3n) is 2.61. The van der Waals surface area contributed by atoms with Gasteiger partial charge in [0.15, 0.2) is 0 Å². The average Bonchev–Trinajstić information content (AvgIpc) is 2.30. The van der Waals surface area contributed by atoms with Crippen molar-refractivity contribution in [2.24, 2.45) is 0 Å². The van der Waals surface area contributed by atoms with Gasteiger partial charge in [-0.05, 0) is 24.3 Å². The molecule has 1 nitrogen and oxygen atoms in total. The molecule has 84 valence electrons. The lowest BCUT2D eigenvalue weighted by Gasteiger charge is -2.13. The van der Waals surface area contributed by atoms with Crippen molar-refractivity contribution >= 4 is 11.6 Å². The highest BCUT2D eigenvalue weighted by atomic mass is 35.5. The van der Waals surface area contributed by atoms with E-state index in [0.29, 0.717) is 11.8 Å². The number of ether oxygens (including phenoxy) is 1. The molecular formula is C13H19ClO. The molecule has 0 radical (unpaired) electrons. The minimum Gasteiger partial charge on any atom is -0.385 e. The van der Waals surface area contributed by atoms with Crippen LogP contribution in [0.15, 0.2) is 30.3 Å². The predicted octanol–water partition coefficient (Wildman–Crippen LogP) is 3.83. The third-order valence-corrected chi connectivity index (χ3v) is 2.98. The van der Waals surface area contributed by atoms with Crippen LogP contribution in [-0.4, -0.2) is 19.6 Å². The fourth-order valence-corrected chi connectivity index (χ4v) is 2.03. The standard InChI is InChI=1S/C13H19ClO/c1-15-10-6-5-9-13(11-14)12-7-3-2-4-8-12/h2-4,7-8,13H,5-6,9-11H2,1H3. The predicted molar refractivity (Wildman–Crippen MR) is 65.6 cm³/mol. The van der Waals surface area contributed by atoms with Crippen LogP contribution in [-0.2, 0) is 4.74 Å². The van der Waals surface area contributed by atoms with Crippen molar-refractivity contribution in [2.75, 3.05) is 19.6 Å². The molecule has 15 heavy (non-hydrogen) atoms. The van der Waals surface area contributed by atoms with E-state index in [1.165, 1.54) is 12.0 Å². The van der Waals surface area contributed by atoms with Crippen molar-refractivity contribution < 1.29 is 4.74 Å². The molecule has 0 amide bonds. The summed E-state index contributed by atoms with van der Waals surface area (Å²) >= 11 is 5.98. The van der Waals surface area contributed by atoms with Gasteiger partial charge in [0, 0.05) is 19.6 Å². The van der Waals surface area contributed by atoms with Crippen molar-refractivity contribution in [3.8, 4) is 0 Å². The summed E-state index contributed by atoms with van der Waals surface area (Å²) in [5.74, 6) is 1.20. The number of alkyl halides is 1. The summed E-state index contributed by atoms with van der Waals surface area (Å²) in [6, 6.07) is 10.5. The van der Waals surface area contributed by atoms with Crippen molar-refractivity contribution in [1.82, 2.24) is 0 Å². The summed E-state index contributed by atoms with van der Waals surface area (Å²) in [6.45, 7) is 0.851. The Morgan fingerprint density at radius 1 is 1.20 bits per heavy atom. The first kappa shape index (κ1) is 12.5. The fraction of sp³-hybridized carbons (Fsp3) is 0.538. The van der Waals surface area contributed by atoms with E-state index in [1.807, 2.05) is 6.07 Å². The fourth-order valence-electron chi connectivity index (χ4n) is 1.70. The first-order chi connectivity index (χ1) is 7.38. The van der Waals surface area contributed by atoms with E-state index in [9.17, 15) is 0 Å². The van der Waals surface area contributed by atoms with Crippen molar-refractivity contribution in [1.29, 1.82) is 0 Å². The van der Waals surface area contributed by atoms with Crippen LogP contribution in [0.4, 0.5) is 0 Å². The topological polar surface area (TPSA) is 9.23 Å². The van der Waals surface area contributed by atoms with Crippen LogP contribution in [0, 0.1) is 0 Å². The molecule has 0 bridgehead atoms. The minimum absolute atomic E-state index is 0.490. The molecular weight excluding hydrogens is 208 g/mol. The van der Waals surface area contributed by atoms with Crippen LogP contribution in [0.5, 0.6) is 0 Å². The lowest BCUT2D eigenvalue weighted by molar-refractivity contribution is 0.191. The molecule has 0 aliphatic rings. The van der Waals surface area contributed by atoms with E-state index in [2.05, 4.69) is 24.3 Å². The molecule has 0 heterocycles. The van der Waals surface area contributed by atoms with E-state index >= 15 is 0 Å². The number of halogens is 1. The van der Waals surface area contributed by atoms with Crippen molar-refractivity contribution in [3.05, 3.63) is 35.9 Å². The van der Waals surface area contributed by atoms with Gasteiger partial charge in [0.25, 0.3) is 0 Å². The molecule has 0 saturated carbocycles. The Morgan fingerprint density at radius 3 is 2.53 bits per heavy atom. The zero-order valence-corrected chi connectivity index (χ0v) is 10.0.